The molecule has 0 radical (unpaired) electrons. The summed E-state index contributed by atoms with van der Waals surface area (Å²) >= 11 is 0. The lowest BCUT2D eigenvalue weighted by Gasteiger charge is -2.12. The van der Waals surface area contributed by atoms with E-state index in [0.29, 0.717) is 22.8 Å². The van der Waals surface area contributed by atoms with E-state index in [1.807, 2.05) is 26.0 Å². The van der Waals surface area contributed by atoms with E-state index in [1.54, 1.807) is 19.9 Å². The van der Waals surface area contributed by atoms with Crippen molar-refractivity contribution in [3.05, 3.63) is 46.4 Å². The zero-order valence-corrected chi connectivity index (χ0v) is 13.5. The zero-order chi connectivity index (χ0) is 15.8. The molecule has 3 N–H and O–H groups in total. The average Bonchev–Trinajstić information content (AvgIpc) is 2.68. The van der Waals surface area contributed by atoms with Crippen molar-refractivity contribution in [2.75, 3.05) is 4.72 Å². The molecule has 0 amide bonds. The molecular formula is C15H20N2O3S. The van der Waals surface area contributed by atoms with Gasteiger partial charge in [-0.05, 0) is 44.9 Å². The van der Waals surface area contributed by atoms with Gasteiger partial charge in [0.1, 0.15) is 16.4 Å². The van der Waals surface area contributed by atoms with Gasteiger partial charge in [0.15, 0.2) is 0 Å². The quantitative estimate of drug-likeness (QED) is 0.909. The van der Waals surface area contributed by atoms with E-state index < -0.39 is 10.0 Å². The summed E-state index contributed by atoms with van der Waals surface area (Å²) in [6.07, 6.45) is 0. The van der Waals surface area contributed by atoms with Crippen LogP contribution >= 0.6 is 0 Å². The van der Waals surface area contributed by atoms with Crippen molar-refractivity contribution >= 4 is 15.7 Å². The molecule has 2 aromatic rings. The smallest absolute Gasteiger partial charge is 0.265 e. The maximum absolute atomic E-state index is 12.7. The second kappa shape index (κ2) is 5.54. The summed E-state index contributed by atoms with van der Waals surface area (Å²) in [6.45, 7) is 7.23. The molecule has 1 aromatic heterocycles. The minimum atomic E-state index is -3.73. The monoisotopic (exact) mass is 308 g/mol. The lowest BCUT2D eigenvalue weighted by atomic mass is 10.1. The van der Waals surface area contributed by atoms with Gasteiger partial charge in [-0.1, -0.05) is 12.1 Å². The zero-order valence-electron chi connectivity index (χ0n) is 12.6. The fraction of sp³-hybridized carbons (Fsp3) is 0.333. The first-order valence-corrected chi connectivity index (χ1v) is 8.13. The number of sulfonamides is 1. The number of hydrogen-bond donors (Lipinski definition) is 2. The molecule has 0 aliphatic rings. The molecule has 114 valence electrons. The van der Waals surface area contributed by atoms with Crippen LogP contribution in [0.5, 0.6) is 0 Å². The van der Waals surface area contributed by atoms with Gasteiger partial charge < -0.3 is 10.2 Å². The SMILES string of the molecule is Cc1ccc(C)c(NS(=O)(=O)c2c(C)oc(C)c2CN)c1. The molecule has 2 rings (SSSR count). The molecule has 0 unspecified atom stereocenters. The summed E-state index contributed by atoms with van der Waals surface area (Å²) in [5, 5.41) is 0. The number of hydrogen-bond acceptors (Lipinski definition) is 4. The van der Waals surface area contributed by atoms with Crippen molar-refractivity contribution < 1.29 is 12.8 Å². The van der Waals surface area contributed by atoms with E-state index >= 15 is 0 Å². The Bertz CT molecular complexity index is 776. The first-order valence-electron chi connectivity index (χ1n) is 6.65. The highest BCUT2D eigenvalue weighted by atomic mass is 32.2. The molecule has 0 aliphatic carbocycles. The van der Waals surface area contributed by atoms with Crippen LogP contribution in [0, 0.1) is 27.7 Å². The summed E-state index contributed by atoms with van der Waals surface area (Å²) in [5.74, 6) is 0.891. The average molecular weight is 308 g/mol. The number of rotatable bonds is 4. The van der Waals surface area contributed by atoms with E-state index in [9.17, 15) is 8.42 Å². The Kier molecular flexibility index (Phi) is 4.11. The fourth-order valence-corrected chi connectivity index (χ4v) is 3.92. The first-order chi connectivity index (χ1) is 9.76. The highest BCUT2D eigenvalue weighted by Gasteiger charge is 2.26. The molecule has 0 aliphatic heterocycles. The number of nitrogens with one attached hydrogen (secondary N) is 1. The summed E-state index contributed by atoms with van der Waals surface area (Å²) < 4.78 is 33.3. The normalized spacial score (nSPS) is 11.7. The van der Waals surface area contributed by atoms with Crippen LogP contribution in [-0.4, -0.2) is 8.42 Å². The van der Waals surface area contributed by atoms with Crippen molar-refractivity contribution in [3.63, 3.8) is 0 Å². The van der Waals surface area contributed by atoms with Crippen molar-refractivity contribution in [1.82, 2.24) is 0 Å². The van der Waals surface area contributed by atoms with E-state index in [1.165, 1.54) is 0 Å². The Morgan fingerprint density at radius 1 is 1.14 bits per heavy atom. The summed E-state index contributed by atoms with van der Waals surface area (Å²) in [5.41, 5.74) is 8.58. The van der Waals surface area contributed by atoms with Crippen LogP contribution in [0.3, 0.4) is 0 Å². The van der Waals surface area contributed by atoms with Gasteiger partial charge in [-0.2, -0.15) is 0 Å². The predicted octanol–water partition coefficient (Wildman–Crippen LogP) is 2.77. The second-order valence-electron chi connectivity index (χ2n) is 5.15. The van der Waals surface area contributed by atoms with Crippen LogP contribution in [0.2, 0.25) is 0 Å². The van der Waals surface area contributed by atoms with Crippen molar-refractivity contribution in [1.29, 1.82) is 0 Å². The first kappa shape index (κ1) is 15.6. The Morgan fingerprint density at radius 2 is 1.81 bits per heavy atom. The Balaban J connectivity index is 2.51. The molecule has 0 saturated carbocycles. The van der Waals surface area contributed by atoms with Gasteiger partial charge in [-0.25, -0.2) is 8.42 Å². The third kappa shape index (κ3) is 2.96. The number of nitrogens with two attached hydrogens (primary N) is 1. The van der Waals surface area contributed by atoms with Gasteiger partial charge in [0.2, 0.25) is 0 Å². The summed E-state index contributed by atoms with van der Waals surface area (Å²) in [7, 11) is -3.73. The molecule has 0 atom stereocenters. The molecule has 0 bridgehead atoms. The molecular weight excluding hydrogens is 288 g/mol. The van der Waals surface area contributed by atoms with E-state index in [-0.39, 0.29) is 11.4 Å². The standard InChI is InChI=1S/C15H20N2O3S/c1-9-5-6-10(2)14(7-9)17-21(18,19)15-12(4)20-11(3)13(15)8-16/h5-7,17H,8,16H2,1-4H3. The maximum Gasteiger partial charge on any atom is 0.265 e. The van der Waals surface area contributed by atoms with Crippen molar-refractivity contribution in [2.24, 2.45) is 5.73 Å². The Labute approximate surface area is 125 Å². The van der Waals surface area contributed by atoms with Gasteiger partial charge in [0.25, 0.3) is 10.0 Å². The van der Waals surface area contributed by atoms with Crippen molar-refractivity contribution in [2.45, 2.75) is 39.1 Å². The third-order valence-electron chi connectivity index (χ3n) is 3.44. The van der Waals surface area contributed by atoms with Gasteiger partial charge in [0, 0.05) is 12.1 Å². The third-order valence-corrected chi connectivity index (χ3v) is 5.00. The van der Waals surface area contributed by atoms with E-state index in [2.05, 4.69) is 4.72 Å². The largest absolute Gasteiger partial charge is 0.465 e. The van der Waals surface area contributed by atoms with Gasteiger partial charge >= 0.3 is 0 Å². The molecule has 0 spiro atoms. The minimum absolute atomic E-state index is 0.117. The predicted molar refractivity (Wildman–Crippen MR) is 82.8 cm³/mol. The Hall–Kier alpha value is -1.79. The van der Waals surface area contributed by atoms with Gasteiger partial charge in [0.05, 0.1) is 5.69 Å². The summed E-state index contributed by atoms with van der Waals surface area (Å²) in [4.78, 5) is 0.142. The highest BCUT2D eigenvalue weighted by molar-refractivity contribution is 7.92. The number of benzene rings is 1. The van der Waals surface area contributed by atoms with E-state index in [4.69, 9.17) is 10.2 Å². The highest BCUT2D eigenvalue weighted by Crippen LogP contribution is 2.29. The van der Waals surface area contributed by atoms with E-state index in [0.717, 1.165) is 11.1 Å². The lowest BCUT2D eigenvalue weighted by Crippen LogP contribution is -2.17. The molecule has 6 heteroatoms. The van der Waals surface area contributed by atoms with Crippen LogP contribution in [0.15, 0.2) is 27.5 Å². The number of anilines is 1. The van der Waals surface area contributed by atoms with Gasteiger partial charge in [-0.15, -0.1) is 0 Å². The molecule has 21 heavy (non-hydrogen) atoms. The maximum atomic E-state index is 12.7. The van der Waals surface area contributed by atoms with Crippen LogP contribution in [0.25, 0.3) is 0 Å². The molecule has 0 saturated heterocycles. The van der Waals surface area contributed by atoms with Crippen LogP contribution < -0.4 is 10.5 Å². The topological polar surface area (TPSA) is 85.3 Å². The van der Waals surface area contributed by atoms with Crippen LogP contribution in [0.4, 0.5) is 5.69 Å². The van der Waals surface area contributed by atoms with Crippen molar-refractivity contribution in [3.8, 4) is 0 Å². The molecule has 5 nitrogen and oxygen atoms in total. The minimum Gasteiger partial charge on any atom is -0.465 e. The molecule has 0 fully saturated rings. The van der Waals surface area contributed by atoms with Crippen LogP contribution in [-0.2, 0) is 16.6 Å². The van der Waals surface area contributed by atoms with Gasteiger partial charge in [-0.3, -0.25) is 4.72 Å². The Morgan fingerprint density at radius 3 is 2.43 bits per heavy atom. The second-order valence-corrected chi connectivity index (χ2v) is 6.77. The lowest BCUT2D eigenvalue weighted by molar-refractivity contribution is 0.494. The number of aryl methyl sites for hydroxylation is 4. The van der Waals surface area contributed by atoms with Crippen LogP contribution in [0.1, 0.15) is 28.2 Å². The molecule has 1 aromatic carbocycles. The number of furan rings is 1. The fourth-order valence-electron chi connectivity index (χ4n) is 2.34. The summed E-state index contributed by atoms with van der Waals surface area (Å²) in [6, 6.07) is 5.62. The molecule has 1 heterocycles.